The molecule has 27 valence electrons. The van der Waals surface area contributed by atoms with Crippen LogP contribution in [-0.2, 0) is 0 Å². The molecule has 0 aromatic carbocycles. The van der Waals surface area contributed by atoms with Gasteiger partial charge in [-0.15, -0.1) is 24.8 Å². The van der Waals surface area contributed by atoms with Gasteiger partial charge in [0.1, 0.15) is 0 Å². The summed E-state index contributed by atoms with van der Waals surface area (Å²) in [6.45, 7) is 0. The van der Waals surface area contributed by atoms with Gasteiger partial charge in [0.15, 0.2) is 0 Å². The first-order chi connectivity index (χ1) is 0. The molecule has 0 saturated carbocycles. The summed E-state index contributed by atoms with van der Waals surface area (Å²) in [5, 5.41) is 0. The van der Waals surface area contributed by atoms with E-state index < -0.39 is 0 Å². The molecule has 0 aliphatic heterocycles. The summed E-state index contributed by atoms with van der Waals surface area (Å²) in [4.78, 5) is 0. The van der Waals surface area contributed by atoms with Crippen LogP contribution in [0, 0.1) is 0 Å². The Morgan fingerprint density at radius 1 is 0.750 bits per heavy atom. The highest BCUT2D eigenvalue weighted by atomic mass is 35.5. The molecule has 0 aromatic heterocycles. The summed E-state index contributed by atoms with van der Waals surface area (Å²) in [5.41, 5.74) is 0. The second kappa shape index (κ2) is 71.7. The van der Waals surface area contributed by atoms with Gasteiger partial charge in [0.25, 0.3) is 0 Å². The summed E-state index contributed by atoms with van der Waals surface area (Å²) in [6.07, 6.45) is 0. The molecule has 0 unspecified atom stereocenters. The van der Waals surface area contributed by atoms with Crippen LogP contribution in [0.25, 0.3) is 0 Å². The summed E-state index contributed by atoms with van der Waals surface area (Å²) in [6, 6.07) is 0. The molecule has 0 atom stereocenters. The van der Waals surface area contributed by atoms with Crippen LogP contribution in [0.5, 0.6) is 0 Å². The maximum absolute atomic E-state index is 0. The largest absolute Gasteiger partial charge is 0.269 e. The molecule has 4 heteroatoms. The Labute approximate surface area is 38.7 Å². The molecule has 0 aromatic rings. The molecule has 0 spiro atoms. The van der Waals surface area contributed by atoms with E-state index >= 15 is 0 Å². The van der Waals surface area contributed by atoms with E-state index in [1.165, 1.54) is 0 Å². The Bertz CT molecular complexity index is 6.00. The van der Waals surface area contributed by atoms with Crippen LogP contribution in [0.4, 0.5) is 4.70 Å². The van der Waals surface area contributed by atoms with E-state index in [2.05, 4.69) is 0 Å². The van der Waals surface area contributed by atoms with Crippen LogP contribution >= 0.6 is 24.8 Å². The fourth-order valence-electron chi connectivity index (χ4n) is 0. The van der Waals surface area contributed by atoms with Crippen molar-refractivity contribution in [3.63, 3.8) is 0 Å². The topological polar surface area (TPSA) is 0 Å². The normalized spacial score (nSPS) is 0. The third-order valence-corrected chi connectivity index (χ3v) is 0. The van der Waals surface area contributed by atoms with Gasteiger partial charge in [-0.05, 0) is 0 Å². The van der Waals surface area contributed by atoms with Gasteiger partial charge in [-0.3, -0.25) is 4.70 Å². The van der Waals surface area contributed by atoms with Crippen molar-refractivity contribution in [2.45, 2.75) is 0 Å². The Morgan fingerprint density at radius 3 is 0.750 bits per heavy atom. The fraction of sp³-hybridized carbons (Fsp3) is 0. The van der Waals surface area contributed by atoms with Gasteiger partial charge >= 0.3 is 0 Å². The average Bonchev–Trinajstić information content (AvgIpc) is 0. The van der Waals surface area contributed by atoms with Gasteiger partial charge in [0.05, 0.1) is 0 Å². The van der Waals surface area contributed by atoms with Crippen LogP contribution in [0.3, 0.4) is 0 Å². The first-order valence-corrected chi connectivity index (χ1v) is 0. The summed E-state index contributed by atoms with van der Waals surface area (Å²) >= 11 is 0. The molecule has 3 radical (unpaired) electrons. The molecular formula is H3BCl2F. The van der Waals surface area contributed by atoms with Crippen molar-refractivity contribution >= 4 is 33.2 Å². The van der Waals surface area contributed by atoms with Crippen LogP contribution in [0.1, 0.15) is 0 Å². The molecule has 0 saturated heterocycles. The molecule has 0 nitrogen and oxygen atoms in total. The highest BCUT2D eigenvalue weighted by Gasteiger charge is 0.0000176. The van der Waals surface area contributed by atoms with Gasteiger partial charge < -0.3 is 0 Å². The van der Waals surface area contributed by atoms with Crippen molar-refractivity contribution in [3.8, 4) is 0 Å². The maximum atomic E-state index is 0. The lowest BCUT2D eigenvalue weighted by atomic mass is 10.8. The SMILES string of the molecule is Cl.Cl.F.[B]. The molecular weight excluding hydrogens is 101 g/mol. The molecule has 4 heavy (non-hydrogen) atoms. The van der Waals surface area contributed by atoms with E-state index in [0.717, 1.165) is 0 Å². The smallest absolute Gasteiger partial charge is 0 e. The van der Waals surface area contributed by atoms with Gasteiger partial charge in [-0.25, -0.2) is 0 Å². The number of halogens is 3. The second-order valence-corrected chi connectivity index (χ2v) is 0. The molecule has 0 N–H and O–H groups in total. The maximum Gasteiger partial charge on any atom is 0 e. The lowest BCUT2D eigenvalue weighted by Crippen LogP contribution is -0.381. The molecule has 0 bridgehead atoms. The molecule has 0 amide bonds. The third kappa shape index (κ3) is 19.3. The standard InChI is InChI=1S/B.2ClH.FH/h;3*1H. The van der Waals surface area contributed by atoms with Gasteiger partial charge in [-0.1, -0.05) is 0 Å². The van der Waals surface area contributed by atoms with Crippen molar-refractivity contribution in [2.24, 2.45) is 0 Å². The van der Waals surface area contributed by atoms with Gasteiger partial charge in [0, 0.05) is 8.41 Å². The Balaban J connectivity index is 0. The van der Waals surface area contributed by atoms with E-state index in [1.54, 1.807) is 0 Å². The van der Waals surface area contributed by atoms with Crippen molar-refractivity contribution in [2.75, 3.05) is 0 Å². The zero-order valence-electron chi connectivity index (χ0n) is 1.80. The quantitative estimate of drug-likeness (QED) is 0.395. The second-order valence-electron chi connectivity index (χ2n) is 0. The van der Waals surface area contributed by atoms with E-state index in [9.17, 15) is 0 Å². The lowest BCUT2D eigenvalue weighted by Gasteiger charge is -0.269. The summed E-state index contributed by atoms with van der Waals surface area (Å²) < 4.78 is 0. The zero-order valence-corrected chi connectivity index (χ0v) is 3.44. The third-order valence-electron chi connectivity index (χ3n) is 0. The van der Waals surface area contributed by atoms with Crippen LogP contribution < -0.4 is 0 Å². The van der Waals surface area contributed by atoms with Crippen LogP contribution in [0.15, 0.2) is 0 Å². The number of hydrogen-bond donors (Lipinski definition) is 0. The molecule has 0 aliphatic rings. The lowest BCUT2D eigenvalue weighted by molar-refractivity contribution is 1.11. The Hall–Kier alpha value is 0.575. The number of rotatable bonds is 0. The molecule has 0 fully saturated rings. The van der Waals surface area contributed by atoms with Crippen molar-refractivity contribution in [3.05, 3.63) is 0 Å². The molecule has 0 heterocycles. The molecule has 0 aliphatic carbocycles. The van der Waals surface area contributed by atoms with Crippen molar-refractivity contribution < 1.29 is 4.70 Å². The highest BCUT2D eigenvalue weighted by molar-refractivity contribution is 5.85. The van der Waals surface area contributed by atoms with E-state index in [4.69, 9.17) is 0 Å². The van der Waals surface area contributed by atoms with E-state index in [-0.39, 0.29) is 37.9 Å². The number of hydrogen-bond acceptors (Lipinski definition) is 0. The van der Waals surface area contributed by atoms with Crippen molar-refractivity contribution in [1.29, 1.82) is 0 Å². The highest BCUT2D eigenvalue weighted by Crippen LogP contribution is 0.691. The van der Waals surface area contributed by atoms with Gasteiger partial charge in [0.2, 0.25) is 0 Å². The van der Waals surface area contributed by atoms with E-state index in [1.807, 2.05) is 0 Å². The Kier molecular flexibility index (Phi) is 3170. The fourth-order valence-corrected chi connectivity index (χ4v) is 0. The first-order valence-electron chi connectivity index (χ1n) is 0. The van der Waals surface area contributed by atoms with Gasteiger partial charge in [-0.2, -0.15) is 0 Å². The molecule has 0 rings (SSSR count). The summed E-state index contributed by atoms with van der Waals surface area (Å²) in [7, 11) is 0. The minimum absolute atomic E-state index is 0. The predicted octanol–water partition coefficient (Wildman–Crippen LogP) is 0.615. The van der Waals surface area contributed by atoms with Crippen LogP contribution in [-0.4, -0.2) is 8.41 Å². The van der Waals surface area contributed by atoms with E-state index in [0.29, 0.717) is 0 Å². The predicted molar refractivity (Wildman–Crippen MR) is 22.8 cm³/mol. The van der Waals surface area contributed by atoms with Crippen molar-refractivity contribution in [1.82, 2.24) is 0 Å². The monoisotopic (exact) mass is 103 g/mol. The Morgan fingerprint density at radius 2 is 0.750 bits per heavy atom. The van der Waals surface area contributed by atoms with Crippen LogP contribution in [0.2, 0.25) is 0 Å². The average molecular weight is 104 g/mol. The minimum atomic E-state index is 0. The summed E-state index contributed by atoms with van der Waals surface area (Å²) in [5.74, 6) is 0. The zero-order chi connectivity index (χ0) is 0. The first kappa shape index (κ1) is 177. The minimum Gasteiger partial charge on any atom is -0.269 e.